The maximum absolute atomic E-state index is 11.0. The van der Waals surface area contributed by atoms with Crippen molar-refractivity contribution in [3.05, 3.63) is 33.9 Å². The summed E-state index contributed by atoms with van der Waals surface area (Å²) in [5, 5.41) is 9.14. The molecule has 1 heterocycles. The molecule has 4 nitrogen and oxygen atoms in total. The van der Waals surface area contributed by atoms with Gasteiger partial charge in [0, 0.05) is 11.1 Å². The van der Waals surface area contributed by atoms with E-state index < -0.39 is 6.29 Å². The van der Waals surface area contributed by atoms with E-state index in [2.05, 4.69) is 6.07 Å². The molecule has 88 valence electrons. The van der Waals surface area contributed by atoms with Gasteiger partial charge in [-0.3, -0.25) is 4.79 Å². The first-order chi connectivity index (χ1) is 8.19. The van der Waals surface area contributed by atoms with Crippen molar-refractivity contribution in [3.8, 4) is 6.07 Å². The van der Waals surface area contributed by atoms with Gasteiger partial charge in [-0.2, -0.15) is 5.26 Å². The lowest BCUT2D eigenvalue weighted by Crippen LogP contribution is -2.06. The Morgan fingerprint density at radius 1 is 1.35 bits per heavy atom. The molecule has 2 rings (SSSR count). The van der Waals surface area contributed by atoms with Gasteiger partial charge in [0.25, 0.3) is 0 Å². The van der Waals surface area contributed by atoms with Crippen LogP contribution in [0.25, 0.3) is 0 Å². The zero-order chi connectivity index (χ0) is 12.4. The molecule has 0 aromatic heterocycles. The van der Waals surface area contributed by atoms with E-state index in [4.69, 9.17) is 14.7 Å². The maximum atomic E-state index is 11.0. The lowest BCUT2D eigenvalue weighted by Gasteiger charge is -2.16. The second-order valence-electron chi connectivity index (χ2n) is 3.98. The van der Waals surface area contributed by atoms with Gasteiger partial charge in [0.05, 0.1) is 24.8 Å². The predicted octanol–water partition coefficient (Wildman–Crippen LogP) is 2.03. The number of aldehydes is 1. The minimum absolute atomic E-state index is 0.457. The van der Waals surface area contributed by atoms with Crippen LogP contribution in [0.4, 0.5) is 0 Å². The number of hydrogen-bond donors (Lipinski definition) is 0. The third-order valence-electron chi connectivity index (χ3n) is 3.04. The molecule has 1 aliphatic rings. The van der Waals surface area contributed by atoms with Crippen LogP contribution in [0.1, 0.15) is 38.9 Å². The van der Waals surface area contributed by atoms with Crippen LogP contribution in [0, 0.1) is 25.2 Å². The molecule has 0 N–H and O–H groups in total. The molecule has 0 radical (unpaired) electrons. The number of rotatable bonds is 2. The molecule has 1 saturated heterocycles. The highest BCUT2D eigenvalue weighted by Crippen LogP contribution is 2.30. The van der Waals surface area contributed by atoms with E-state index in [-0.39, 0.29) is 0 Å². The van der Waals surface area contributed by atoms with Crippen LogP contribution in [0.5, 0.6) is 0 Å². The number of ether oxygens (including phenoxy) is 2. The smallest absolute Gasteiger partial charge is 0.184 e. The Labute approximate surface area is 99.8 Å². The van der Waals surface area contributed by atoms with Crippen LogP contribution in [0.2, 0.25) is 0 Å². The zero-order valence-corrected chi connectivity index (χ0v) is 9.82. The first-order valence-corrected chi connectivity index (χ1v) is 5.41. The summed E-state index contributed by atoms with van der Waals surface area (Å²) in [4.78, 5) is 11.0. The molecule has 0 spiro atoms. The van der Waals surface area contributed by atoms with E-state index in [1.807, 2.05) is 6.92 Å². The first kappa shape index (κ1) is 11.8. The molecule has 1 aliphatic heterocycles. The van der Waals surface area contributed by atoms with Crippen LogP contribution in [0.15, 0.2) is 6.07 Å². The van der Waals surface area contributed by atoms with Gasteiger partial charge in [0.2, 0.25) is 0 Å². The Hall–Kier alpha value is -1.70. The van der Waals surface area contributed by atoms with E-state index >= 15 is 0 Å². The van der Waals surface area contributed by atoms with E-state index in [9.17, 15) is 4.79 Å². The van der Waals surface area contributed by atoms with Crippen molar-refractivity contribution in [2.24, 2.45) is 0 Å². The normalized spacial score (nSPS) is 15.8. The molecule has 0 atom stereocenters. The summed E-state index contributed by atoms with van der Waals surface area (Å²) < 4.78 is 10.8. The SMILES string of the molecule is Cc1c(C=O)cc(C2OCCO2)c(C)c1C#N. The molecular formula is C13H13NO3. The Morgan fingerprint density at radius 2 is 2.00 bits per heavy atom. The Kier molecular flexibility index (Phi) is 3.23. The molecule has 1 aromatic rings. The van der Waals surface area contributed by atoms with Gasteiger partial charge in [-0.05, 0) is 31.0 Å². The summed E-state index contributed by atoms with van der Waals surface area (Å²) in [6.07, 6.45) is 0.301. The predicted molar refractivity (Wildman–Crippen MR) is 60.7 cm³/mol. The van der Waals surface area contributed by atoms with Crippen LogP contribution >= 0.6 is 0 Å². The van der Waals surface area contributed by atoms with Gasteiger partial charge < -0.3 is 9.47 Å². The number of carbonyl (C=O) groups excluding carboxylic acids is 1. The molecule has 0 amide bonds. The monoisotopic (exact) mass is 231 g/mol. The standard InChI is InChI=1S/C13H13NO3/c1-8-10(7-15)5-11(9(2)12(8)6-14)13-16-3-4-17-13/h5,7,13H,3-4H2,1-2H3. The number of nitrogens with zero attached hydrogens (tertiary/aromatic N) is 1. The number of nitriles is 1. The molecule has 0 bridgehead atoms. The van der Waals surface area contributed by atoms with E-state index in [1.54, 1.807) is 13.0 Å². The number of benzene rings is 1. The summed E-state index contributed by atoms with van der Waals surface area (Å²) in [7, 11) is 0. The molecule has 0 aliphatic carbocycles. The minimum atomic E-state index is -0.457. The fourth-order valence-corrected chi connectivity index (χ4v) is 2.03. The average Bonchev–Trinajstić information content (AvgIpc) is 2.83. The van der Waals surface area contributed by atoms with Gasteiger partial charge >= 0.3 is 0 Å². The van der Waals surface area contributed by atoms with Crippen LogP contribution < -0.4 is 0 Å². The van der Waals surface area contributed by atoms with Crippen molar-refractivity contribution in [1.29, 1.82) is 5.26 Å². The Balaban J connectivity index is 2.59. The molecule has 1 fully saturated rings. The Bertz CT molecular complexity index is 496. The van der Waals surface area contributed by atoms with Gasteiger partial charge in [-0.25, -0.2) is 0 Å². The topological polar surface area (TPSA) is 59.3 Å². The third kappa shape index (κ3) is 1.95. The minimum Gasteiger partial charge on any atom is -0.346 e. The van der Waals surface area contributed by atoms with Gasteiger partial charge in [0.1, 0.15) is 6.29 Å². The first-order valence-electron chi connectivity index (χ1n) is 5.41. The summed E-state index contributed by atoms with van der Waals surface area (Å²) in [5.41, 5.74) is 3.35. The largest absolute Gasteiger partial charge is 0.346 e. The highest BCUT2D eigenvalue weighted by atomic mass is 16.7. The summed E-state index contributed by atoms with van der Waals surface area (Å²) in [6.45, 7) is 4.70. The van der Waals surface area contributed by atoms with E-state index in [1.165, 1.54) is 0 Å². The van der Waals surface area contributed by atoms with Crippen molar-refractivity contribution < 1.29 is 14.3 Å². The molecule has 17 heavy (non-hydrogen) atoms. The van der Waals surface area contributed by atoms with Crippen LogP contribution in [0.3, 0.4) is 0 Å². The summed E-state index contributed by atoms with van der Waals surface area (Å²) in [5.74, 6) is 0. The van der Waals surface area contributed by atoms with E-state index in [0.29, 0.717) is 29.9 Å². The highest BCUT2D eigenvalue weighted by Gasteiger charge is 2.23. The molecule has 0 saturated carbocycles. The average molecular weight is 231 g/mol. The van der Waals surface area contributed by atoms with Crippen molar-refractivity contribution in [1.82, 2.24) is 0 Å². The highest BCUT2D eigenvalue weighted by molar-refractivity contribution is 5.79. The van der Waals surface area contributed by atoms with Gasteiger partial charge in [0.15, 0.2) is 6.29 Å². The lowest BCUT2D eigenvalue weighted by molar-refractivity contribution is -0.0445. The van der Waals surface area contributed by atoms with Crippen molar-refractivity contribution >= 4 is 6.29 Å². The fourth-order valence-electron chi connectivity index (χ4n) is 2.03. The van der Waals surface area contributed by atoms with Crippen molar-refractivity contribution in [3.63, 3.8) is 0 Å². The lowest BCUT2D eigenvalue weighted by atomic mass is 9.94. The van der Waals surface area contributed by atoms with Crippen molar-refractivity contribution in [2.45, 2.75) is 20.1 Å². The maximum Gasteiger partial charge on any atom is 0.184 e. The molecule has 4 heteroatoms. The third-order valence-corrected chi connectivity index (χ3v) is 3.04. The summed E-state index contributed by atoms with van der Waals surface area (Å²) >= 11 is 0. The summed E-state index contributed by atoms with van der Waals surface area (Å²) in [6, 6.07) is 3.88. The zero-order valence-electron chi connectivity index (χ0n) is 9.82. The quantitative estimate of drug-likeness (QED) is 0.731. The van der Waals surface area contributed by atoms with Crippen LogP contribution in [-0.2, 0) is 9.47 Å². The second kappa shape index (κ2) is 4.66. The van der Waals surface area contributed by atoms with Crippen molar-refractivity contribution in [2.75, 3.05) is 13.2 Å². The number of hydrogen-bond acceptors (Lipinski definition) is 4. The molecular weight excluding hydrogens is 218 g/mol. The molecule has 1 aromatic carbocycles. The molecule has 0 unspecified atom stereocenters. The van der Waals surface area contributed by atoms with Gasteiger partial charge in [-0.1, -0.05) is 0 Å². The van der Waals surface area contributed by atoms with Crippen LogP contribution in [-0.4, -0.2) is 19.5 Å². The fraction of sp³-hybridized carbons (Fsp3) is 0.385. The second-order valence-corrected chi connectivity index (χ2v) is 3.98. The van der Waals surface area contributed by atoms with E-state index in [0.717, 1.165) is 17.4 Å². The number of carbonyl (C=O) groups is 1. The van der Waals surface area contributed by atoms with Gasteiger partial charge in [-0.15, -0.1) is 0 Å². The Morgan fingerprint density at radius 3 is 2.53 bits per heavy atom.